The van der Waals surface area contributed by atoms with E-state index in [4.69, 9.17) is 14.2 Å². The maximum atomic E-state index is 11.0. The zero-order valence-electron chi connectivity index (χ0n) is 20.0. The van der Waals surface area contributed by atoms with E-state index in [0.717, 1.165) is 34.5 Å². The van der Waals surface area contributed by atoms with E-state index in [1.807, 2.05) is 105 Å². The molecule has 0 radical (unpaired) electrons. The highest BCUT2D eigenvalue weighted by molar-refractivity contribution is 5.63. The van der Waals surface area contributed by atoms with Crippen LogP contribution in [0, 0.1) is 0 Å². The van der Waals surface area contributed by atoms with Crippen LogP contribution in [0.4, 0.5) is 0 Å². The summed E-state index contributed by atoms with van der Waals surface area (Å²) in [6, 6.07) is 25.9. The molecule has 0 saturated carbocycles. The Morgan fingerprint density at radius 1 is 0.848 bits per heavy atom. The van der Waals surface area contributed by atoms with Crippen LogP contribution in [-0.2, 0) is 22.6 Å². The van der Waals surface area contributed by atoms with Gasteiger partial charge in [0.1, 0.15) is 12.2 Å². The van der Waals surface area contributed by atoms with Crippen molar-refractivity contribution in [3.63, 3.8) is 0 Å². The molecule has 0 spiro atoms. The number of benzene rings is 3. The molecule has 0 bridgehead atoms. The molecule has 33 heavy (non-hydrogen) atoms. The highest BCUT2D eigenvalue weighted by atomic mass is 16.5. The third-order valence-electron chi connectivity index (χ3n) is 5.35. The highest BCUT2D eigenvalue weighted by Gasteiger charge is 2.27. The molecule has 0 heterocycles. The molecule has 0 N–H and O–H groups in total. The third kappa shape index (κ3) is 8.24. The Bertz CT molecular complexity index is 977. The summed E-state index contributed by atoms with van der Waals surface area (Å²) in [6.45, 7) is 4.49. The van der Waals surface area contributed by atoms with Gasteiger partial charge in [-0.15, -0.1) is 0 Å². The van der Waals surface area contributed by atoms with Gasteiger partial charge in [-0.2, -0.15) is 0 Å². The molecule has 0 aliphatic rings. The zero-order chi connectivity index (χ0) is 23.9. The second kappa shape index (κ2) is 13.9. The smallest absolute Gasteiger partial charge is 0.161 e. The van der Waals surface area contributed by atoms with Gasteiger partial charge in [0.25, 0.3) is 0 Å². The minimum absolute atomic E-state index is 0.542. The van der Waals surface area contributed by atoms with Gasteiger partial charge in [0.2, 0.25) is 0 Å². The summed E-state index contributed by atoms with van der Waals surface area (Å²) in [5.41, 5.74) is 2.72. The number of rotatable bonds is 10. The number of hydrogen-bond donors (Lipinski definition) is 0. The average Bonchev–Trinajstić information content (AvgIpc) is 2.88. The lowest BCUT2D eigenvalue weighted by atomic mass is 9.93. The molecule has 3 rings (SSSR count). The highest BCUT2D eigenvalue weighted by Crippen LogP contribution is 2.29. The topological polar surface area (TPSA) is 44.8 Å². The van der Waals surface area contributed by atoms with Crippen LogP contribution in [0.15, 0.2) is 84.9 Å². The molecule has 4 nitrogen and oxygen atoms in total. The van der Waals surface area contributed by atoms with Crippen molar-refractivity contribution < 1.29 is 19.0 Å². The normalized spacial score (nSPS) is 12.4. The molecule has 3 aromatic carbocycles. The van der Waals surface area contributed by atoms with Crippen molar-refractivity contribution in [3.05, 3.63) is 102 Å². The SMILES string of the molecule is C/C=C\c1ccc(OCc2ccccc2)c(OC)c1.CCC(C=O)(Cc1ccccc1)OC. The van der Waals surface area contributed by atoms with Crippen LogP contribution >= 0.6 is 0 Å². The molecule has 1 atom stereocenters. The van der Waals surface area contributed by atoms with Crippen LogP contribution in [-0.4, -0.2) is 26.1 Å². The van der Waals surface area contributed by atoms with Gasteiger partial charge in [-0.25, -0.2) is 0 Å². The van der Waals surface area contributed by atoms with Crippen LogP contribution in [0.5, 0.6) is 11.5 Å². The van der Waals surface area contributed by atoms with E-state index in [9.17, 15) is 4.79 Å². The van der Waals surface area contributed by atoms with E-state index < -0.39 is 5.60 Å². The Morgan fingerprint density at radius 3 is 2.00 bits per heavy atom. The van der Waals surface area contributed by atoms with E-state index in [1.165, 1.54) is 0 Å². The van der Waals surface area contributed by atoms with Crippen LogP contribution in [0.2, 0.25) is 0 Å². The van der Waals surface area contributed by atoms with Crippen molar-refractivity contribution in [3.8, 4) is 11.5 Å². The molecule has 174 valence electrons. The van der Waals surface area contributed by atoms with Gasteiger partial charge in [0.05, 0.1) is 7.11 Å². The number of aldehydes is 1. The monoisotopic (exact) mass is 446 g/mol. The van der Waals surface area contributed by atoms with Crippen molar-refractivity contribution in [2.75, 3.05) is 14.2 Å². The Kier molecular flexibility index (Phi) is 10.9. The van der Waals surface area contributed by atoms with E-state index >= 15 is 0 Å². The molecule has 0 aromatic heterocycles. The van der Waals surface area contributed by atoms with Gasteiger partial charge in [-0.3, -0.25) is 0 Å². The number of methoxy groups -OCH3 is 2. The molecule has 0 aliphatic heterocycles. The molecule has 1 unspecified atom stereocenters. The predicted octanol–water partition coefficient (Wildman–Crippen LogP) is 6.53. The second-order valence-electron chi connectivity index (χ2n) is 7.59. The van der Waals surface area contributed by atoms with Crippen molar-refractivity contribution in [2.24, 2.45) is 0 Å². The quantitative estimate of drug-likeness (QED) is 0.332. The first-order valence-electron chi connectivity index (χ1n) is 11.1. The number of carbonyl (C=O) groups is 1. The van der Waals surface area contributed by atoms with E-state index in [1.54, 1.807) is 14.2 Å². The van der Waals surface area contributed by atoms with Gasteiger partial charge >= 0.3 is 0 Å². The summed E-state index contributed by atoms with van der Waals surface area (Å²) in [5, 5.41) is 0. The van der Waals surface area contributed by atoms with Gasteiger partial charge in [-0.05, 0) is 42.2 Å². The Hall–Kier alpha value is -3.37. The number of carbonyl (C=O) groups excluding carboxylic acids is 1. The first kappa shape index (κ1) is 25.9. The molecule has 4 heteroatoms. The minimum atomic E-state index is -0.651. The van der Waals surface area contributed by atoms with Crippen molar-refractivity contribution in [1.82, 2.24) is 0 Å². The molecule has 3 aromatic rings. The largest absolute Gasteiger partial charge is 0.493 e. The molecule has 0 saturated heterocycles. The van der Waals surface area contributed by atoms with Gasteiger partial charge in [0.15, 0.2) is 17.8 Å². The molecule has 0 fully saturated rings. The van der Waals surface area contributed by atoms with Gasteiger partial charge in [0, 0.05) is 13.5 Å². The van der Waals surface area contributed by atoms with Crippen LogP contribution in [0.25, 0.3) is 6.08 Å². The minimum Gasteiger partial charge on any atom is -0.493 e. The van der Waals surface area contributed by atoms with Gasteiger partial charge in [-0.1, -0.05) is 85.8 Å². The van der Waals surface area contributed by atoms with Gasteiger partial charge < -0.3 is 19.0 Å². The predicted molar refractivity (Wildman–Crippen MR) is 135 cm³/mol. The summed E-state index contributed by atoms with van der Waals surface area (Å²) in [7, 11) is 3.24. The number of allylic oxidation sites excluding steroid dienone is 1. The maximum absolute atomic E-state index is 11.0. The molecular formula is C29H34O4. The summed E-state index contributed by atoms with van der Waals surface area (Å²) in [6.07, 6.45) is 6.27. The Morgan fingerprint density at radius 2 is 1.48 bits per heavy atom. The fraction of sp³-hybridized carbons (Fsp3) is 0.276. The van der Waals surface area contributed by atoms with Crippen molar-refractivity contribution >= 4 is 12.4 Å². The number of ether oxygens (including phenoxy) is 3. The van der Waals surface area contributed by atoms with Crippen LogP contribution < -0.4 is 9.47 Å². The first-order chi connectivity index (χ1) is 16.1. The maximum Gasteiger partial charge on any atom is 0.161 e. The summed E-state index contributed by atoms with van der Waals surface area (Å²) in [5.74, 6) is 1.52. The summed E-state index contributed by atoms with van der Waals surface area (Å²) in [4.78, 5) is 11.0. The fourth-order valence-electron chi connectivity index (χ4n) is 3.29. The van der Waals surface area contributed by atoms with Crippen LogP contribution in [0.3, 0.4) is 0 Å². The van der Waals surface area contributed by atoms with Crippen molar-refractivity contribution in [1.29, 1.82) is 0 Å². The summed E-state index contributed by atoms with van der Waals surface area (Å²) < 4.78 is 16.4. The third-order valence-corrected chi connectivity index (χ3v) is 5.35. The second-order valence-corrected chi connectivity index (χ2v) is 7.59. The van der Waals surface area contributed by atoms with E-state index in [-0.39, 0.29) is 0 Å². The van der Waals surface area contributed by atoms with Crippen LogP contribution in [0.1, 0.15) is 37.0 Å². The molecular weight excluding hydrogens is 412 g/mol. The zero-order valence-corrected chi connectivity index (χ0v) is 20.0. The first-order valence-corrected chi connectivity index (χ1v) is 11.1. The standard InChI is InChI=1S/C17H18O2.C12H16O2/c1-3-7-14-10-11-16(17(12-14)18-2)19-13-15-8-5-4-6-9-15;1-3-12(10-13,14-2)9-11-7-5-4-6-8-11/h3-12H,13H2,1-2H3;4-8,10H,3,9H2,1-2H3/b7-3-;. The van der Waals surface area contributed by atoms with Crippen molar-refractivity contribution in [2.45, 2.75) is 38.9 Å². The molecule has 0 amide bonds. The van der Waals surface area contributed by atoms with E-state index in [0.29, 0.717) is 19.4 Å². The Balaban J connectivity index is 0.000000245. The lowest BCUT2D eigenvalue weighted by molar-refractivity contribution is -0.127. The lowest BCUT2D eigenvalue weighted by Crippen LogP contribution is -2.35. The Labute approximate surface area is 197 Å². The average molecular weight is 447 g/mol. The summed E-state index contributed by atoms with van der Waals surface area (Å²) >= 11 is 0. The lowest BCUT2D eigenvalue weighted by Gasteiger charge is -2.24. The van der Waals surface area contributed by atoms with E-state index in [2.05, 4.69) is 0 Å². The number of hydrogen-bond acceptors (Lipinski definition) is 4. The molecule has 0 aliphatic carbocycles. The fourth-order valence-corrected chi connectivity index (χ4v) is 3.29.